The second-order valence-electron chi connectivity index (χ2n) is 7.21. The minimum absolute atomic E-state index is 0.635. The van der Waals surface area contributed by atoms with Crippen molar-refractivity contribution in [3.63, 3.8) is 0 Å². The van der Waals surface area contributed by atoms with Gasteiger partial charge in [0.1, 0.15) is 0 Å². The van der Waals surface area contributed by atoms with Crippen LogP contribution in [0.5, 0.6) is 0 Å². The van der Waals surface area contributed by atoms with E-state index in [1.807, 2.05) is 7.05 Å². The van der Waals surface area contributed by atoms with E-state index in [-0.39, 0.29) is 0 Å². The largest absolute Gasteiger partial charge is 0.356 e. The Labute approximate surface area is 137 Å². The molecule has 0 aromatic heterocycles. The molecule has 0 atom stereocenters. The molecule has 2 aliphatic rings. The molecule has 0 unspecified atom stereocenters. The summed E-state index contributed by atoms with van der Waals surface area (Å²) in [4.78, 5) is 7.00. The number of rotatable bonds is 6. The SMILES string of the molecule is CN=C(NCCCCN1CCC(C)CC1)NC1CCCCC1. The van der Waals surface area contributed by atoms with Crippen LogP contribution in [0.2, 0.25) is 0 Å². The average Bonchev–Trinajstić information content (AvgIpc) is 2.56. The van der Waals surface area contributed by atoms with Gasteiger partial charge in [-0.25, -0.2) is 0 Å². The molecule has 0 radical (unpaired) electrons. The molecule has 0 amide bonds. The van der Waals surface area contributed by atoms with Gasteiger partial charge in [0.2, 0.25) is 0 Å². The van der Waals surface area contributed by atoms with E-state index in [1.165, 1.54) is 77.4 Å². The first kappa shape index (κ1) is 17.6. The highest BCUT2D eigenvalue weighted by Crippen LogP contribution is 2.17. The van der Waals surface area contributed by atoms with E-state index in [0.717, 1.165) is 18.4 Å². The van der Waals surface area contributed by atoms with Crippen molar-refractivity contribution in [1.29, 1.82) is 0 Å². The first-order chi connectivity index (χ1) is 10.8. The van der Waals surface area contributed by atoms with E-state index < -0.39 is 0 Å². The van der Waals surface area contributed by atoms with Crippen LogP contribution < -0.4 is 10.6 Å². The van der Waals surface area contributed by atoms with E-state index in [0.29, 0.717) is 6.04 Å². The number of nitrogens with zero attached hydrogens (tertiary/aromatic N) is 2. The van der Waals surface area contributed by atoms with Crippen LogP contribution in [0.1, 0.15) is 64.7 Å². The molecule has 0 aromatic carbocycles. The number of guanidine groups is 1. The summed E-state index contributed by atoms with van der Waals surface area (Å²) in [6.07, 6.45) is 12.0. The molecule has 1 saturated carbocycles. The summed E-state index contributed by atoms with van der Waals surface area (Å²) in [6, 6.07) is 0.635. The first-order valence-electron chi connectivity index (χ1n) is 9.47. The highest BCUT2D eigenvalue weighted by atomic mass is 15.2. The molecule has 0 bridgehead atoms. The Morgan fingerprint density at radius 2 is 1.77 bits per heavy atom. The number of unbranched alkanes of at least 4 members (excludes halogenated alkanes) is 1. The molecule has 1 aliphatic carbocycles. The van der Waals surface area contributed by atoms with Crippen molar-refractivity contribution < 1.29 is 0 Å². The standard InChI is InChI=1S/C18H36N4/c1-16-10-14-22(15-11-16)13-7-6-12-20-18(19-2)21-17-8-4-3-5-9-17/h16-17H,3-15H2,1-2H3,(H2,19,20,21). The van der Waals surface area contributed by atoms with Gasteiger partial charge in [-0.2, -0.15) is 0 Å². The lowest BCUT2D eigenvalue weighted by molar-refractivity contribution is 0.189. The van der Waals surface area contributed by atoms with Gasteiger partial charge in [-0.05, 0) is 64.1 Å². The maximum Gasteiger partial charge on any atom is 0.191 e. The monoisotopic (exact) mass is 308 g/mol. The summed E-state index contributed by atoms with van der Waals surface area (Å²) in [7, 11) is 1.88. The molecular weight excluding hydrogens is 272 g/mol. The van der Waals surface area contributed by atoms with Crippen LogP contribution >= 0.6 is 0 Å². The van der Waals surface area contributed by atoms with Crippen LogP contribution in [0.25, 0.3) is 0 Å². The van der Waals surface area contributed by atoms with E-state index in [1.54, 1.807) is 0 Å². The maximum atomic E-state index is 4.36. The zero-order chi connectivity index (χ0) is 15.6. The maximum absolute atomic E-state index is 4.36. The highest BCUT2D eigenvalue weighted by molar-refractivity contribution is 5.79. The first-order valence-corrected chi connectivity index (χ1v) is 9.47. The smallest absolute Gasteiger partial charge is 0.191 e. The molecule has 4 heteroatoms. The Hall–Kier alpha value is -0.770. The van der Waals surface area contributed by atoms with Crippen molar-refractivity contribution in [2.24, 2.45) is 10.9 Å². The summed E-state index contributed by atoms with van der Waals surface area (Å²) in [5, 5.41) is 7.06. The third-order valence-corrected chi connectivity index (χ3v) is 5.24. The topological polar surface area (TPSA) is 39.7 Å². The Morgan fingerprint density at radius 1 is 1.05 bits per heavy atom. The summed E-state index contributed by atoms with van der Waals surface area (Å²) in [5.41, 5.74) is 0. The van der Waals surface area contributed by atoms with Gasteiger partial charge < -0.3 is 15.5 Å². The number of likely N-dealkylation sites (tertiary alicyclic amines) is 1. The van der Waals surface area contributed by atoms with E-state index >= 15 is 0 Å². The Bertz CT molecular complexity index is 315. The average molecular weight is 309 g/mol. The van der Waals surface area contributed by atoms with Crippen LogP contribution in [0.4, 0.5) is 0 Å². The van der Waals surface area contributed by atoms with Crippen LogP contribution in [0.15, 0.2) is 4.99 Å². The predicted octanol–water partition coefficient (Wildman–Crippen LogP) is 3.00. The normalized spacial score (nSPS) is 22.7. The molecule has 128 valence electrons. The van der Waals surface area contributed by atoms with E-state index in [4.69, 9.17) is 0 Å². The lowest BCUT2D eigenvalue weighted by Crippen LogP contribution is -2.44. The number of nitrogens with one attached hydrogen (secondary N) is 2. The molecule has 2 rings (SSSR count). The summed E-state index contributed by atoms with van der Waals surface area (Å²) in [5.74, 6) is 1.94. The van der Waals surface area contributed by atoms with Gasteiger partial charge in [0.05, 0.1) is 0 Å². The highest BCUT2D eigenvalue weighted by Gasteiger charge is 2.15. The fourth-order valence-electron chi connectivity index (χ4n) is 3.59. The minimum atomic E-state index is 0.635. The Balaban J connectivity index is 1.51. The van der Waals surface area contributed by atoms with Gasteiger partial charge in [-0.3, -0.25) is 4.99 Å². The van der Waals surface area contributed by atoms with Crippen LogP contribution in [-0.2, 0) is 0 Å². The number of aliphatic imine (C=N–C) groups is 1. The van der Waals surface area contributed by atoms with Crippen molar-refractivity contribution in [3.8, 4) is 0 Å². The number of piperidine rings is 1. The number of hydrogen-bond acceptors (Lipinski definition) is 2. The summed E-state index contributed by atoms with van der Waals surface area (Å²) >= 11 is 0. The molecule has 22 heavy (non-hydrogen) atoms. The predicted molar refractivity (Wildman–Crippen MR) is 95.4 cm³/mol. The van der Waals surface area contributed by atoms with Crippen molar-refractivity contribution in [3.05, 3.63) is 0 Å². The quantitative estimate of drug-likeness (QED) is 0.450. The molecule has 4 nitrogen and oxygen atoms in total. The molecule has 2 N–H and O–H groups in total. The fraction of sp³-hybridized carbons (Fsp3) is 0.944. The molecule has 1 heterocycles. The third-order valence-electron chi connectivity index (χ3n) is 5.24. The van der Waals surface area contributed by atoms with Gasteiger partial charge in [0.15, 0.2) is 5.96 Å². The van der Waals surface area contributed by atoms with Gasteiger partial charge in [0, 0.05) is 19.6 Å². The number of hydrogen-bond donors (Lipinski definition) is 2. The van der Waals surface area contributed by atoms with Crippen molar-refractivity contribution in [2.75, 3.05) is 33.2 Å². The third kappa shape index (κ3) is 6.55. The molecule has 2 fully saturated rings. The van der Waals surface area contributed by atoms with E-state index in [9.17, 15) is 0 Å². The van der Waals surface area contributed by atoms with Gasteiger partial charge in [-0.15, -0.1) is 0 Å². The zero-order valence-electron chi connectivity index (χ0n) is 14.7. The molecule has 0 spiro atoms. The second kappa shape index (κ2) is 10.1. The van der Waals surface area contributed by atoms with E-state index in [2.05, 4.69) is 27.4 Å². The second-order valence-corrected chi connectivity index (χ2v) is 7.21. The van der Waals surface area contributed by atoms with Crippen LogP contribution in [0.3, 0.4) is 0 Å². The summed E-state index contributed by atoms with van der Waals surface area (Å²) in [6.45, 7) is 7.30. The molecule has 1 aliphatic heterocycles. The van der Waals surface area contributed by atoms with Gasteiger partial charge >= 0.3 is 0 Å². The van der Waals surface area contributed by atoms with Crippen molar-refractivity contribution in [1.82, 2.24) is 15.5 Å². The minimum Gasteiger partial charge on any atom is -0.356 e. The zero-order valence-corrected chi connectivity index (χ0v) is 14.7. The van der Waals surface area contributed by atoms with Gasteiger partial charge in [0.25, 0.3) is 0 Å². The Kier molecular flexibility index (Phi) is 8.06. The van der Waals surface area contributed by atoms with Crippen LogP contribution in [-0.4, -0.2) is 50.1 Å². The Morgan fingerprint density at radius 3 is 2.45 bits per heavy atom. The summed E-state index contributed by atoms with van der Waals surface area (Å²) < 4.78 is 0. The van der Waals surface area contributed by atoms with Crippen molar-refractivity contribution >= 4 is 5.96 Å². The lowest BCUT2D eigenvalue weighted by atomic mass is 9.96. The molecular formula is C18H36N4. The van der Waals surface area contributed by atoms with Crippen molar-refractivity contribution in [2.45, 2.75) is 70.8 Å². The molecule has 0 aromatic rings. The fourth-order valence-corrected chi connectivity index (χ4v) is 3.59. The van der Waals surface area contributed by atoms with Crippen LogP contribution in [0, 0.1) is 5.92 Å². The van der Waals surface area contributed by atoms with Gasteiger partial charge in [-0.1, -0.05) is 26.2 Å². The lowest BCUT2D eigenvalue weighted by Gasteiger charge is -2.30. The molecule has 1 saturated heterocycles.